The number of nitrogens with zero attached hydrogens (tertiary/aromatic N) is 4. The SMILES string of the molecule is C[C@]12CCN(C1)c1ccc(C(=O)CCC(F)F)nc1N2C(=O)Nc1ccccn1. The lowest BCUT2D eigenvalue weighted by Crippen LogP contribution is -2.56. The Labute approximate surface area is 166 Å². The fraction of sp³-hybridized carbons (Fsp3) is 0.400. The van der Waals surface area contributed by atoms with E-state index in [0.29, 0.717) is 18.2 Å². The van der Waals surface area contributed by atoms with Gasteiger partial charge in [-0.05, 0) is 37.6 Å². The number of ketones is 1. The number of nitrogens with one attached hydrogen (secondary N) is 1. The lowest BCUT2D eigenvalue weighted by Gasteiger charge is -2.42. The third-order valence-corrected chi connectivity index (χ3v) is 5.38. The van der Waals surface area contributed by atoms with E-state index in [9.17, 15) is 18.4 Å². The first kappa shape index (κ1) is 19.2. The van der Waals surface area contributed by atoms with Crippen molar-refractivity contribution in [2.24, 2.45) is 0 Å². The molecule has 152 valence electrons. The second-order valence-corrected chi connectivity index (χ2v) is 7.54. The van der Waals surface area contributed by atoms with Crippen LogP contribution in [-0.2, 0) is 0 Å². The summed E-state index contributed by atoms with van der Waals surface area (Å²) in [5, 5.41) is 2.78. The van der Waals surface area contributed by atoms with Crippen LogP contribution in [0.2, 0.25) is 0 Å². The number of anilines is 3. The Morgan fingerprint density at radius 2 is 2.10 bits per heavy atom. The van der Waals surface area contributed by atoms with Gasteiger partial charge in [-0.15, -0.1) is 0 Å². The zero-order chi connectivity index (χ0) is 20.6. The first-order valence-corrected chi connectivity index (χ1v) is 9.47. The number of alkyl halides is 2. The van der Waals surface area contributed by atoms with Crippen molar-refractivity contribution in [1.29, 1.82) is 0 Å². The minimum absolute atomic E-state index is 0.0890. The number of aromatic nitrogens is 2. The van der Waals surface area contributed by atoms with Crippen molar-refractivity contribution < 1.29 is 18.4 Å². The number of hydrogen-bond donors (Lipinski definition) is 1. The molecule has 0 aliphatic carbocycles. The Morgan fingerprint density at radius 3 is 2.83 bits per heavy atom. The molecule has 2 aliphatic heterocycles. The van der Waals surface area contributed by atoms with Gasteiger partial charge in [0.05, 0.1) is 11.2 Å². The van der Waals surface area contributed by atoms with Crippen LogP contribution in [-0.4, -0.2) is 46.8 Å². The lowest BCUT2D eigenvalue weighted by molar-refractivity contribution is 0.0904. The van der Waals surface area contributed by atoms with Gasteiger partial charge < -0.3 is 4.90 Å². The molecule has 2 aliphatic rings. The highest BCUT2D eigenvalue weighted by Gasteiger charge is 2.49. The number of amides is 2. The van der Waals surface area contributed by atoms with Gasteiger partial charge in [0, 0.05) is 32.1 Å². The van der Waals surface area contributed by atoms with E-state index >= 15 is 0 Å². The van der Waals surface area contributed by atoms with E-state index in [-0.39, 0.29) is 12.1 Å². The zero-order valence-electron chi connectivity index (χ0n) is 15.9. The average Bonchev–Trinajstić information content (AvgIpc) is 3.04. The number of carbonyl (C=O) groups is 2. The predicted octanol–water partition coefficient (Wildman–Crippen LogP) is 3.73. The van der Waals surface area contributed by atoms with Crippen LogP contribution in [0.1, 0.15) is 36.7 Å². The van der Waals surface area contributed by atoms with Crippen LogP contribution in [0.3, 0.4) is 0 Å². The van der Waals surface area contributed by atoms with E-state index in [1.807, 2.05) is 6.92 Å². The Morgan fingerprint density at radius 1 is 1.28 bits per heavy atom. The highest BCUT2D eigenvalue weighted by atomic mass is 19.3. The van der Waals surface area contributed by atoms with Gasteiger partial charge in [-0.1, -0.05) is 6.07 Å². The van der Waals surface area contributed by atoms with Crippen LogP contribution in [0.25, 0.3) is 0 Å². The van der Waals surface area contributed by atoms with Gasteiger partial charge in [-0.25, -0.2) is 23.5 Å². The maximum Gasteiger partial charge on any atom is 0.329 e. The standard InChI is InChI=1S/C20H21F2N5O2/c1-20-9-11-26(12-20)14-6-5-13(15(28)7-8-16(21)22)24-18(14)27(20)19(29)25-17-4-2-3-10-23-17/h2-6,10,16H,7-9,11-12H2,1H3,(H,23,25,29)/t20-/m0/s1. The number of halogens is 2. The quantitative estimate of drug-likeness (QED) is 0.773. The second-order valence-electron chi connectivity index (χ2n) is 7.54. The van der Waals surface area contributed by atoms with Gasteiger partial charge in [0.15, 0.2) is 11.6 Å². The number of fused-ring (bicyclic) bond motifs is 4. The number of Topliss-reactive ketones (excluding diaryl/α,β-unsaturated/α-hetero) is 1. The van der Waals surface area contributed by atoms with Crippen LogP contribution >= 0.6 is 0 Å². The Kier molecular flexibility index (Phi) is 4.89. The summed E-state index contributed by atoms with van der Waals surface area (Å²) >= 11 is 0. The Bertz CT molecular complexity index is 940. The molecule has 29 heavy (non-hydrogen) atoms. The minimum atomic E-state index is -2.54. The van der Waals surface area contributed by atoms with Crippen LogP contribution in [0.15, 0.2) is 36.5 Å². The largest absolute Gasteiger partial charge is 0.366 e. The molecule has 4 rings (SSSR count). The average molecular weight is 401 g/mol. The van der Waals surface area contributed by atoms with Crippen molar-refractivity contribution in [3.8, 4) is 0 Å². The van der Waals surface area contributed by atoms with E-state index in [1.165, 1.54) is 0 Å². The van der Waals surface area contributed by atoms with Gasteiger partial charge in [0.25, 0.3) is 0 Å². The van der Waals surface area contributed by atoms with Crippen LogP contribution < -0.4 is 15.1 Å². The van der Waals surface area contributed by atoms with Gasteiger partial charge >= 0.3 is 6.03 Å². The summed E-state index contributed by atoms with van der Waals surface area (Å²) < 4.78 is 24.9. The van der Waals surface area contributed by atoms with Crippen molar-refractivity contribution >= 4 is 29.1 Å². The highest BCUT2D eigenvalue weighted by molar-refractivity contribution is 6.05. The van der Waals surface area contributed by atoms with E-state index < -0.39 is 30.2 Å². The Balaban J connectivity index is 1.68. The van der Waals surface area contributed by atoms with Gasteiger partial charge in [0.2, 0.25) is 6.43 Å². The summed E-state index contributed by atoms with van der Waals surface area (Å²) in [6.07, 6.45) is -1.02. The normalized spacial score (nSPS) is 20.0. The zero-order valence-corrected chi connectivity index (χ0v) is 15.9. The number of carbonyl (C=O) groups excluding carboxylic acids is 2. The molecule has 2 aromatic rings. The summed E-state index contributed by atoms with van der Waals surface area (Å²) in [6, 6.07) is 8.10. The third kappa shape index (κ3) is 3.64. The molecule has 1 fully saturated rings. The minimum Gasteiger partial charge on any atom is -0.366 e. The van der Waals surface area contributed by atoms with Crippen LogP contribution in [0.4, 0.5) is 30.9 Å². The summed E-state index contributed by atoms with van der Waals surface area (Å²) in [5.41, 5.74) is 0.344. The molecule has 2 aromatic heterocycles. The van der Waals surface area contributed by atoms with Gasteiger partial charge in [0.1, 0.15) is 11.5 Å². The van der Waals surface area contributed by atoms with Crippen molar-refractivity contribution in [2.75, 3.05) is 28.2 Å². The summed E-state index contributed by atoms with van der Waals surface area (Å²) in [6.45, 7) is 3.38. The molecule has 4 heterocycles. The molecule has 1 atom stereocenters. The maximum atomic E-state index is 13.2. The molecule has 0 saturated carbocycles. The molecule has 7 nitrogen and oxygen atoms in total. The number of urea groups is 1. The Hall–Kier alpha value is -3.10. The van der Waals surface area contributed by atoms with Crippen molar-refractivity contribution in [2.45, 2.75) is 38.2 Å². The molecule has 0 unspecified atom stereocenters. The second kappa shape index (κ2) is 7.38. The molecule has 0 spiro atoms. The number of rotatable bonds is 5. The fourth-order valence-electron chi connectivity index (χ4n) is 3.91. The van der Waals surface area contributed by atoms with E-state index in [2.05, 4.69) is 20.2 Å². The van der Waals surface area contributed by atoms with Crippen molar-refractivity contribution in [3.05, 3.63) is 42.2 Å². The topological polar surface area (TPSA) is 78.4 Å². The summed E-state index contributed by atoms with van der Waals surface area (Å²) in [4.78, 5) is 37.7. The third-order valence-electron chi connectivity index (χ3n) is 5.38. The molecule has 1 N–H and O–H groups in total. The first-order chi connectivity index (χ1) is 13.9. The number of hydrogen-bond acceptors (Lipinski definition) is 5. The summed E-state index contributed by atoms with van der Waals surface area (Å²) in [7, 11) is 0. The van der Waals surface area contributed by atoms with Crippen LogP contribution in [0.5, 0.6) is 0 Å². The van der Waals surface area contributed by atoms with E-state index in [1.54, 1.807) is 41.4 Å². The number of pyridine rings is 2. The molecule has 0 aromatic carbocycles. The molecule has 2 bridgehead atoms. The highest BCUT2D eigenvalue weighted by Crippen LogP contribution is 2.44. The molecule has 0 radical (unpaired) electrons. The smallest absolute Gasteiger partial charge is 0.329 e. The van der Waals surface area contributed by atoms with Gasteiger partial charge in [-0.2, -0.15) is 0 Å². The molecule has 2 amide bonds. The van der Waals surface area contributed by atoms with Crippen molar-refractivity contribution in [3.63, 3.8) is 0 Å². The van der Waals surface area contributed by atoms with Crippen LogP contribution in [0, 0.1) is 0 Å². The summed E-state index contributed by atoms with van der Waals surface area (Å²) in [5.74, 6) is 0.316. The molecule has 9 heteroatoms. The maximum absolute atomic E-state index is 13.2. The van der Waals surface area contributed by atoms with E-state index in [0.717, 1.165) is 18.7 Å². The van der Waals surface area contributed by atoms with Crippen molar-refractivity contribution in [1.82, 2.24) is 9.97 Å². The van der Waals surface area contributed by atoms with E-state index in [4.69, 9.17) is 0 Å². The monoisotopic (exact) mass is 401 g/mol. The molecule has 1 saturated heterocycles. The predicted molar refractivity (Wildman–Crippen MR) is 105 cm³/mol. The molecular weight excluding hydrogens is 380 g/mol. The lowest BCUT2D eigenvalue weighted by atomic mass is 9.97. The molecular formula is C20H21F2N5O2. The fourth-order valence-corrected chi connectivity index (χ4v) is 3.91. The first-order valence-electron chi connectivity index (χ1n) is 9.47. The van der Waals surface area contributed by atoms with Gasteiger partial charge in [-0.3, -0.25) is 15.0 Å².